The van der Waals surface area contributed by atoms with Crippen molar-refractivity contribution < 1.29 is 0 Å². The molecule has 1 atom stereocenters. The zero-order valence-corrected chi connectivity index (χ0v) is 14.5. The zero-order valence-electron chi connectivity index (χ0n) is 14.5. The molecule has 0 radical (unpaired) electrons. The first-order chi connectivity index (χ1) is 12.3. The Bertz CT molecular complexity index is 772. The summed E-state index contributed by atoms with van der Waals surface area (Å²) in [6.07, 6.45) is 10.2. The van der Waals surface area contributed by atoms with Gasteiger partial charge in [-0.05, 0) is 62.6 Å². The molecule has 0 spiro atoms. The van der Waals surface area contributed by atoms with Gasteiger partial charge in [-0.25, -0.2) is 9.97 Å². The van der Waals surface area contributed by atoms with E-state index in [9.17, 15) is 0 Å². The van der Waals surface area contributed by atoms with Crippen LogP contribution in [0.3, 0.4) is 0 Å². The maximum atomic E-state index is 4.68. The Morgan fingerprint density at radius 2 is 2.00 bits per heavy atom. The summed E-state index contributed by atoms with van der Waals surface area (Å²) in [5, 5.41) is 12.5. The molecule has 130 valence electrons. The molecule has 1 aliphatic heterocycles. The van der Waals surface area contributed by atoms with Crippen LogP contribution in [-0.2, 0) is 12.8 Å². The number of nitrogens with zero attached hydrogens (tertiary/aromatic N) is 5. The highest BCUT2D eigenvalue weighted by Crippen LogP contribution is 2.38. The molecule has 2 fully saturated rings. The molecule has 3 heterocycles. The minimum atomic E-state index is 0.403. The lowest BCUT2D eigenvalue weighted by atomic mass is 9.97. The van der Waals surface area contributed by atoms with Gasteiger partial charge in [0.2, 0.25) is 0 Å². The van der Waals surface area contributed by atoms with Crippen LogP contribution in [0.4, 0.5) is 11.6 Å². The summed E-state index contributed by atoms with van der Waals surface area (Å²) >= 11 is 0. The minimum absolute atomic E-state index is 0.403. The van der Waals surface area contributed by atoms with Crippen LogP contribution in [0.1, 0.15) is 55.1 Å². The Morgan fingerprint density at radius 1 is 1.08 bits per heavy atom. The van der Waals surface area contributed by atoms with Gasteiger partial charge in [-0.1, -0.05) is 0 Å². The Balaban J connectivity index is 1.26. The number of hydrogen-bond donors (Lipinski definition) is 1. The van der Waals surface area contributed by atoms with Crippen LogP contribution < -0.4 is 10.2 Å². The number of anilines is 2. The lowest BCUT2D eigenvalue weighted by molar-refractivity contribution is 0.652. The molecule has 0 aromatic carbocycles. The van der Waals surface area contributed by atoms with Crippen LogP contribution in [0.15, 0.2) is 18.3 Å². The van der Waals surface area contributed by atoms with Gasteiger partial charge >= 0.3 is 0 Å². The summed E-state index contributed by atoms with van der Waals surface area (Å²) in [5.74, 6) is 3.58. The number of fused-ring (bicyclic) bond motifs is 1. The van der Waals surface area contributed by atoms with Crippen molar-refractivity contribution in [1.82, 2.24) is 20.2 Å². The molecule has 2 aromatic heterocycles. The third kappa shape index (κ3) is 3.17. The highest BCUT2D eigenvalue weighted by molar-refractivity contribution is 5.45. The van der Waals surface area contributed by atoms with Crippen molar-refractivity contribution in [1.29, 1.82) is 0 Å². The number of aryl methyl sites for hydroxylation is 2. The Kier molecular flexibility index (Phi) is 3.76. The van der Waals surface area contributed by atoms with Crippen molar-refractivity contribution in [2.24, 2.45) is 0 Å². The lowest BCUT2D eigenvalue weighted by Crippen LogP contribution is -2.27. The standard InChI is InChI=1S/C19H24N6/c1-2-4-16-14(3-1)11-18(24-23-16)25-10-8-15(12-25)21-17-7-9-20-19(22-17)13-5-6-13/h7,9,11,13,15H,1-6,8,10,12H2,(H,20,21,22). The van der Waals surface area contributed by atoms with Crippen molar-refractivity contribution in [3.05, 3.63) is 35.4 Å². The smallest absolute Gasteiger partial charge is 0.151 e. The van der Waals surface area contributed by atoms with Crippen LogP contribution in [0.5, 0.6) is 0 Å². The maximum Gasteiger partial charge on any atom is 0.151 e. The third-order valence-corrected chi connectivity index (χ3v) is 5.54. The lowest BCUT2D eigenvalue weighted by Gasteiger charge is -2.20. The van der Waals surface area contributed by atoms with Gasteiger partial charge in [0, 0.05) is 31.2 Å². The summed E-state index contributed by atoms with van der Waals surface area (Å²) in [4.78, 5) is 11.4. The monoisotopic (exact) mass is 336 g/mol. The molecule has 6 nitrogen and oxygen atoms in total. The summed E-state index contributed by atoms with van der Waals surface area (Å²) < 4.78 is 0. The fourth-order valence-electron chi connectivity index (χ4n) is 3.92. The molecule has 6 heteroatoms. The minimum Gasteiger partial charge on any atom is -0.365 e. The molecule has 2 aliphatic carbocycles. The highest BCUT2D eigenvalue weighted by atomic mass is 15.3. The van der Waals surface area contributed by atoms with Gasteiger partial charge in [-0.15, -0.1) is 5.10 Å². The van der Waals surface area contributed by atoms with E-state index >= 15 is 0 Å². The van der Waals surface area contributed by atoms with E-state index in [-0.39, 0.29) is 0 Å². The predicted octanol–water partition coefficient (Wildman–Crippen LogP) is 2.71. The van der Waals surface area contributed by atoms with Gasteiger partial charge in [0.25, 0.3) is 0 Å². The second-order valence-electron chi connectivity index (χ2n) is 7.53. The Labute approximate surface area is 148 Å². The first kappa shape index (κ1) is 15.0. The molecule has 1 saturated carbocycles. The van der Waals surface area contributed by atoms with Crippen molar-refractivity contribution in [2.45, 2.75) is 56.9 Å². The summed E-state index contributed by atoms with van der Waals surface area (Å²) in [5.41, 5.74) is 2.61. The molecule has 0 amide bonds. The Morgan fingerprint density at radius 3 is 2.92 bits per heavy atom. The zero-order chi connectivity index (χ0) is 16.6. The molecule has 3 aliphatic rings. The van der Waals surface area contributed by atoms with E-state index in [0.29, 0.717) is 12.0 Å². The van der Waals surface area contributed by atoms with Crippen LogP contribution in [0.25, 0.3) is 0 Å². The largest absolute Gasteiger partial charge is 0.365 e. The van der Waals surface area contributed by atoms with E-state index in [1.807, 2.05) is 12.3 Å². The molecule has 1 N–H and O–H groups in total. The molecule has 5 rings (SSSR count). The average Bonchev–Trinajstić information content (AvgIpc) is 3.41. The number of aromatic nitrogens is 4. The number of rotatable bonds is 4. The molecular formula is C19H24N6. The topological polar surface area (TPSA) is 66.8 Å². The van der Waals surface area contributed by atoms with Crippen molar-refractivity contribution in [2.75, 3.05) is 23.3 Å². The number of hydrogen-bond acceptors (Lipinski definition) is 6. The van der Waals surface area contributed by atoms with Gasteiger partial charge in [0.1, 0.15) is 11.6 Å². The second kappa shape index (κ2) is 6.24. The van der Waals surface area contributed by atoms with Gasteiger partial charge in [0.05, 0.1) is 5.69 Å². The van der Waals surface area contributed by atoms with E-state index in [4.69, 9.17) is 0 Å². The summed E-state index contributed by atoms with van der Waals surface area (Å²) in [7, 11) is 0. The summed E-state index contributed by atoms with van der Waals surface area (Å²) in [6, 6.07) is 4.65. The normalized spacial score (nSPS) is 22.7. The second-order valence-corrected chi connectivity index (χ2v) is 7.53. The van der Waals surface area contributed by atoms with E-state index < -0.39 is 0 Å². The maximum absolute atomic E-state index is 4.68. The molecule has 2 aromatic rings. The van der Waals surface area contributed by atoms with E-state index in [0.717, 1.165) is 49.8 Å². The molecule has 1 saturated heterocycles. The van der Waals surface area contributed by atoms with E-state index in [2.05, 4.69) is 36.4 Å². The van der Waals surface area contributed by atoms with Crippen molar-refractivity contribution >= 4 is 11.6 Å². The van der Waals surface area contributed by atoms with Gasteiger partial charge in [-0.3, -0.25) is 0 Å². The van der Waals surface area contributed by atoms with E-state index in [1.54, 1.807) is 0 Å². The van der Waals surface area contributed by atoms with Crippen LogP contribution in [0, 0.1) is 0 Å². The first-order valence-electron chi connectivity index (χ1n) is 9.55. The van der Waals surface area contributed by atoms with E-state index in [1.165, 1.54) is 36.9 Å². The van der Waals surface area contributed by atoms with Crippen LogP contribution in [0.2, 0.25) is 0 Å². The van der Waals surface area contributed by atoms with Gasteiger partial charge < -0.3 is 10.2 Å². The SMILES string of the molecule is c1cc(NC2CCN(c3cc4c(nn3)CCCC4)C2)nc(C2CC2)n1. The van der Waals surface area contributed by atoms with Gasteiger partial charge in [0.15, 0.2) is 5.82 Å². The highest BCUT2D eigenvalue weighted by Gasteiger charge is 2.28. The first-order valence-corrected chi connectivity index (χ1v) is 9.55. The van der Waals surface area contributed by atoms with Crippen molar-refractivity contribution in [3.63, 3.8) is 0 Å². The fourth-order valence-corrected chi connectivity index (χ4v) is 3.92. The predicted molar refractivity (Wildman–Crippen MR) is 96.9 cm³/mol. The quantitative estimate of drug-likeness (QED) is 0.926. The summed E-state index contributed by atoms with van der Waals surface area (Å²) in [6.45, 7) is 1.97. The average molecular weight is 336 g/mol. The fraction of sp³-hybridized carbons (Fsp3) is 0.579. The van der Waals surface area contributed by atoms with Crippen LogP contribution >= 0.6 is 0 Å². The van der Waals surface area contributed by atoms with Crippen molar-refractivity contribution in [3.8, 4) is 0 Å². The third-order valence-electron chi connectivity index (χ3n) is 5.54. The molecule has 1 unspecified atom stereocenters. The van der Waals surface area contributed by atoms with Crippen LogP contribution in [-0.4, -0.2) is 39.3 Å². The Hall–Kier alpha value is -2.24. The molecule has 0 bridgehead atoms. The molecular weight excluding hydrogens is 312 g/mol. The molecule has 25 heavy (non-hydrogen) atoms. The van der Waals surface area contributed by atoms with Gasteiger partial charge in [-0.2, -0.15) is 5.10 Å². The number of nitrogens with one attached hydrogen (secondary N) is 1.